The van der Waals surface area contributed by atoms with Crippen molar-refractivity contribution in [1.82, 2.24) is 9.38 Å². The minimum atomic E-state index is 0.00417. The van der Waals surface area contributed by atoms with Gasteiger partial charge in [-0.15, -0.1) is 11.3 Å². The number of hydrogen-bond acceptors (Lipinski definition) is 3. The Labute approximate surface area is 116 Å². The maximum Gasteiger partial charge on any atom is 0.193 e. The number of imidazole rings is 1. The summed E-state index contributed by atoms with van der Waals surface area (Å²) in [4.78, 5) is 5.62. The fourth-order valence-electron chi connectivity index (χ4n) is 2.37. The van der Waals surface area contributed by atoms with Gasteiger partial charge in [0.1, 0.15) is 0 Å². The summed E-state index contributed by atoms with van der Waals surface area (Å²) < 4.78 is 2.05. The van der Waals surface area contributed by atoms with Crippen LogP contribution in [0.2, 0.25) is 0 Å². The van der Waals surface area contributed by atoms with Crippen LogP contribution < -0.4 is 5.73 Å². The van der Waals surface area contributed by atoms with E-state index in [9.17, 15) is 0 Å². The monoisotopic (exact) mass is 271 g/mol. The topological polar surface area (TPSA) is 43.3 Å². The van der Waals surface area contributed by atoms with Crippen LogP contribution in [0.15, 0.2) is 36.0 Å². The SMILES string of the molecule is Cc1ccc(C)c(C(N)Cc2cn3ccsc3n2)c1. The van der Waals surface area contributed by atoms with E-state index in [1.165, 1.54) is 16.7 Å². The average molecular weight is 271 g/mol. The molecule has 0 saturated carbocycles. The van der Waals surface area contributed by atoms with E-state index in [1.807, 2.05) is 11.6 Å². The predicted molar refractivity (Wildman–Crippen MR) is 79.6 cm³/mol. The molecule has 3 nitrogen and oxygen atoms in total. The molecule has 2 aromatic heterocycles. The summed E-state index contributed by atoms with van der Waals surface area (Å²) in [6, 6.07) is 6.44. The standard InChI is InChI=1S/C15H17N3S/c1-10-3-4-11(2)13(7-10)14(16)8-12-9-18-5-6-19-15(18)17-12/h3-7,9,14H,8,16H2,1-2H3. The highest BCUT2D eigenvalue weighted by molar-refractivity contribution is 7.15. The van der Waals surface area contributed by atoms with Gasteiger partial charge in [-0.25, -0.2) is 4.98 Å². The Morgan fingerprint density at radius 1 is 1.37 bits per heavy atom. The zero-order chi connectivity index (χ0) is 13.4. The summed E-state index contributed by atoms with van der Waals surface area (Å²) in [6.07, 6.45) is 4.87. The molecule has 0 amide bonds. The maximum atomic E-state index is 6.34. The molecule has 1 unspecified atom stereocenters. The number of nitrogens with two attached hydrogens (primary N) is 1. The summed E-state index contributed by atoms with van der Waals surface area (Å²) >= 11 is 1.65. The second-order valence-electron chi connectivity index (χ2n) is 5.00. The highest BCUT2D eigenvalue weighted by Crippen LogP contribution is 2.21. The number of rotatable bonds is 3. The maximum absolute atomic E-state index is 6.34. The third-order valence-corrected chi connectivity index (χ3v) is 4.18. The number of aryl methyl sites for hydroxylation is 2. The van der Waals surface area contributed by atoms with Gasteiger partial charge in [-0.1, -0.05) is 23.8 Å². The first-order valence-electron chi connectivity index (χ1n) is 6.37. The zero-order valence-electron chi connectivity index (χ0n) is 11.1. The second-order valence-corrected chi connectivity index (χ2v) is 5.87. The zero-order valence-corrected chi connectivity index (χ0v) is 11.9. The van der Waals surface area contributed by atoms with E-state index in [0.717, 1.165) is 17.1 Å². The number of hydrogen-bond donors (Lipinski definition) is 1. The third kappa shape index (κ3) is 2.41. The van der Waals surface area contributed by atoms with Gasteiger partial charge >= 0.3 is 0 Å². The van der Waals surface area contributed by atoms with Crippen molar-refractivity contribution in [2.24, 2.45) is 5.73 Å². The van der Waals surface area contributed by atoms with Gasteiger partial charge in [0.2, 0.25) is 0 Å². The number of nitrogens with zero attached hydrogens (tertiary/aromatic N) is 2. The molecule has 19 heavy (non-hydrogen) atoms. The number of aromatic nitrogens is 2. The van der Waals surface area contributed by atoms with Gasteiger partial charge in [0.05, 0.1) is 5.69 Å². The molecule has 3 aromatic rings. The molecule has 0 aliphatic heterocycles. The fraction of sp³-hybridized carbons (Fsp3) is 0.267. The first kappa shape index (κ1) is 12.4. The van der Waals surface area contributed by atoms with Gasteiger partial charge in [0, 0.05) is 30.2 Å². The summed E-state index contributed by atoms with van der Waals surface area (Å²) in [5.74, 6) is 0. The predicted octanol–water partition coefficient (Wildman–Crippen LogP) is 3.26. The van der Waals surface area contributed by atoms with Crippen molar-refractivity contribution in [2.75, 3.05) is 0 Å². The average Bonchev–Trinajstić information content (AvgIpc) is 2.92. The minimum absolute atomic E-state index is 0.00417. The lowest BCUT2D eigenvalue weighted by molar-refractivity contribution is 0.704. The number of benzene rings is 1. The van der Waals surface area contributed by atoms with Crippen LogP contribution in [0.25, 0.3) is 4.96 Å². The largest absolute Gasteiger partial charge is 0.324 e. The van der Waals surface area contributed by atoms with E-state index < -0.39 is 0 Å². The molecule has 98 valence electrons. The van der Waals surface area contributed by atoms with Gasteiger partial charge in [0.15, 0.2) is 4.96 Å². The smallest absolute Gasteiger partial charge is 0.193 e. The number of fused-ring (bicyclic) bond motifs is 1. The van der Waals surface area contributed by atoms with Gasteiger partial charge in [-0.2, -0.15) is 0 Å². The van der Waals surface area contributed by atoms with Crippen LogP contribution in [-0.2, 0) is 6.42 Å². The van der Waals surface area contributed by atoms with Crippen LogP contribution in [0, 0.1) is 13.8 Å². The van der Waals surface area contributed by atoms with Crippen LogP contribution in [-0.4, -0.2) is 9.38 Å². The van der Waals surface area contributed by atoms with E-state index in [1.54, 1.807) is 11.3 Å². The molecule has 4 heteroatoms. The van der Waals surface area contributed by atoms with E-state index >= 15 is 0 Å². The lowest BCUT2D eigenvalue weighted by Gasteiger charge is -2.14. The first-order chi connectivity index (χ1) is 9.13. The lowest BCUT2D eigenvalue weighted by atomic mass is 9.96. The van der Waals surface area contributed by atoms with E-state index in [0.29, 0.717) is 0 Å². The highest BCUT2D eigenvalue weighted by atomic mass is 32.1. The molecule has 0 fully saturated rings. The van der Waals surface area contributed by atoms with Crippen LogP contribution in [0.3, 0.4) is 0 Å². The van der Waals surface area contributed by atoms with E-state index in [2.05, 4.69) is 47.6 Å². The highest BCUT2D eigenvalue weighted by Gasteiger charge is 2.12. The Balaban J connectivity index is 1.86. The Morgan fingerprint density at radius 2 is 2.21 bits per heavy atom. The fourth-order valence-corrected chi connectivity index (χ4v) is 3.09. The molecular formula is C15H17N3S. The van der Waals surface area contributed by atoms with E-state index in [-0.39, 0.29) is 6.04 Å². The molecule has 2 N–H and O–H groups in total. The quantitative estimate of drug-likeness (QED) is 0.794. The molecule has 0 saturated heterocycles. The third-order valence-electron chi connectivity index (χ3n) is 3.41. The molecule has 0 aliphatic rings. The molecule has 3 rings (SSSR count). The molecule has 1 aromatic carbocycles. The molecule has 0 aliphatic carbocycles. The molecule has 0 radical (unpaired) electrons. The molecular weight excluding hydrogens is 254 g/mol. The van der Waals surface area contributed by atoms with Gasteiger partial charge in [-0.3, -0.25) is 4.40 Å². The van der Waals surface area contributed by atoms with Crippen molar-refractivity contribution in [3.8, 4) is 0 Å². The summed E-state index contributed by atoms with van der Waals surface area (Å²) in [6.45, 7) is 4.21. The van der Waals surface area contributed by atoms with Crippen LogP contribution >= 0.6 is 11.3 Å². The van der Waals surface area contributed by atoms with Crippen molar-refractivity contribution in [3.63, 3.8) is 0 Å². The van der Waals surface area contributed by atoms with Crippen molar-refractivity contribution in [1.29, 1.82) is 0 Å². The second kappa shape index (κ2) is 4.79. The van der Waals surface area contributed by atoms with Crippen LogP contribution in [0.4, 0.5) is 0 Å². The Kier molecular flexibility index (Phi) is 3.12. The molecule has 2 heterocycles. The molecule has 1 atom stereocenters. The van der Waals surface area contributed by atoms with Crippen molar-refractivity contribution in [2.45, 2.75) is 26.3 Å². The van der Waals surface area contributed by atoms with Crippen LogP contribution in [0.1, 0.15) is 28.4 Å². The van der Waals surface area contributed by atoms with Crippen molar-refractivity contribution >= 4 is 16.3 Å². The molecule has 0 bridgehead atoms. The minimum Gasteiger partial charge on any atom is -0.324 e. The van der Waals surface area contributed by atoms with Gasteiger partial charge in [-0.05, 0) is 25.0 Å². The van der Waals surface area contributed by atoms with E-state index in [4.69, 9.17) is 5.73 Å². The summed E-state index contributed by atoms with van der Waals surface area (Å²) in [5, 5.41) is 2.04. The number of thiazole rings is 1. The Hall–Kier alpha value is -1.65. The van der Waals surface area contributed by atoms with Gasteiger partial charge in [0.25, 0.3) is 0 Å². The normalized spacial score (nSPS) is 13.0. The Morgan fingerprint density at radius 3 is 3.00 bits per heavy atom. The molecule has 0 spiro atoms. The Bertz CT molecular complexity index is 683. The van der Waals surface area contributed by atoms with Crippen LogP contribution in [0.5, 0.6) is 0 Å². The van der Waals surface area contributed by atoms with Gasteiger partial charge < -0.3 is 5.73 Å². The summed E-state index contributed by atoms with van der Waals surface area (Å²) in [7, 11) is 0. The summed E-state index contributed by atoms with van der Waals surface area (Å²) in [5.41, 5.74) is 11.1. The lowest BCUT2D eigenvalue weighted by Crippen LogP contribution is -2.15. The van der Waals surface area contributed by atoms with Crippen molar-refractivity contribution < 1.29 is 0 Å². The first-order valence-corrected chi connectivity index (χ1v) is 7.25. The van der Waals surface area contributed by atoms with Crippen molar-refractivity contribution in [3.05, 3.63) is 58.4 Å².